The van der Waals surface area contributed by atoms with E-state index in [4.69, 9.17) is 0 Å². The molecule has 154 valence electrons. The van der Waals surface area contributed by atoms with Crippen LogP contribution in [0.4, 0.5) is 0 Å². The SMILES string of the molecule is CCN(CC)/C(=C/C=C/C(c1ccc(Br)cc1)=[N+](CC)CC)c1ccc(Br)cc1. The average Bonchev–Trinajstić information content (AvgIpc) is 2.74. The second kappa shape index (κ2) is 12.1. The smallest absolute Gasteiger partial charge is 0.207 e. The van der Waals surface area contributed by atoms with Gasteiger partial charge in [-0.1, -0.05) is 50.1 Å². The highest BCUT2D eigenvalue weighted by atomic mass is 79.9. The Hall–Kier alpha value is -1.65. The highest BCUT2D eigenvalue weighted by Gasteiger charge is 2.12. The van der Waals surface area contributed by atoms with Gasteiger partial charge in [0, 0.05) is 39.4 Å². The second-order valence-corrected chi connectivity index (χ2v) is 8.49. The Morgan fingerprint density at radius 1 is 0.793 bits per heavy atom. The van der Waals surface area contributed by atoms with Crippen LogP contribution >= 0.6 is 31.9 Å². The van der Waals surface area contributed by atoms with E-state index in [9.17, 15) is 0 Å². The molecule has 0 aliphatic rings. The lowest BCUT2D eigenvalue weighted by Gasteiger charge is -2.24. The van der Waals surface area contributed by atoms with Crippen LogP contribution in [0.15, 0.2) is 75.7 Å². The van der Waals surface area contributed by atoms with Crippen molar-refractivity contribution in [1.82, 2.24) is 4.90 Å². The van der Waals surface area contributed by atoms with Crippen LogP contribution < -0.4 is 0 Å². The van der Waals surface area contributed by atoms with Gasteiger partial charge >= 0.3 is 0 Å². The van der Waals surface area contributed by atoms with Gasteiger partial charge in [0.2, 0.25) is 5.71 Å². The van der Waals surface area contributed by atoms with Gasteiger partial charge in [-0.2, -0.15) is 0 Å². The average molecular weight is 519 g/mol. The summed E-state index contributed by atoms with van der Waals surface area (Å²) < 4.78 is 4.59. The van der Waals surface area contributed by atoms with E-state index in [0.717, 1.165) is 35.1 Å². The number of hydrogen-bond donors (Lipinski definition) is 0. The Bertz CT molecular complexity index is 853. The predicted molar refractivity (Wildman–Crippen MR) is 134 cm³/mol. The van der Waals surface area contributed by atoms with Crippen molar-refractivity contribution in [3.8, 4) is 0 Å². The van der Waals surface area contributed by atoms with Crippen molar-refractivity contribution in [3.63, 3.8) is 0 Å². The Labute approximate surface area is 192 Å². The van der Waals surface area contributed by atoms with Gasteiger partial charge in [-0.25, -0.2) is 4.58 Å². The molecule has 2 aromatic carbocycles. The van der Waals surface area contributed by atoms with E-state index in [1.807, 2.05) is 0 Å². The minimum atomic E-state index is 0.978. The van der Waals surface area contributed by atoms with Crippen LogP contribution in [-0.2, 0) is 0 Å². The molecule has 0 aromatic heterocycles. The summed E-state index contributed by atoms with van der Waals surface area (Å²) in [5, 5.41) is 0. The first-order valence-corrected chi connectivity index (χ1v) is 11.9. The molecule has 0 heterocycles. The lowest BCUT2D eigenvalue weighted by molar-refractivity contribution is -0.519. The quantitative estimate of drug-likeness (QED) is 0.197. The van der Waals surface area contributed by atoms with E-state index < -0.39 is 0 Å². The fourth-order valence-corrected chi connectivity index (χ4v) is 3.90. The van der Waals surface area contributed by atoms with Crippen molar-refractivity contribution in [2.24, 2.45) is 0 Å². The van der Waals surface area contributed by atoms with Crippen LogP contribution in [0, 0.1) is 0 Å². The minimum Gasteiger partial charge on any atom is -0.372 e. The third-order valence-electron chi connectivity index (χ3n) is 5.00. The van der Waals surface area contributed by atoms with E-state index in [1.54, 1.807) is 0 Å². The van der Waals surface area contributed by atoms with Crippen molar-refractivity contribution >= 4 is 43.3 Å². The van der Waals surface area contributed by atoms with Gasteiger partial charge in [-0.15, -0.1) is 0 Å². The number of rotatable bonds is 9. The molecule has 29 heavy (non-hydrogen) atoms. The molecule has 0 amide bonds. The molecule has 0 aliphatic heterocycles. The molecule has 0 N–H and O–H groups in total. The number of halogens is 2. The number of allylic oxidation sites excluding steroid dienone is 3. The topological polar surface area (TPSA) is 6.25 Å². The van der Waals surface area contributed by atoms with Crippen molar-refractivity contribution in [2.75, 3.05) is 26.2 Å². The summed E-state index contributed by atoms with van der Waals surface area (Å²) in [6.07, 6.45) is 6.66. The van der Waals surface area contributed by atoms with Gasteiger partial charge in [-0.05, 0) is 75.7 Å². The van der Waals surface area contributed by atoms with Crippen LogP contribution in [0.1, 0.15) is 38.8 Å². The van der Waals surface area contributed by atoms with E-state index in [2.05, 4.69) is 136 Å². The maximum Gasteiger partial charge on any atom is 0.207 e. The van der Waals surface area contributed by atoms with Crippen LogP contribution in [-0.4, -0.2) is 41.4 Å². The summed E-state index contributed by atoms with van der Waals surface area (Å²) in [6.45, 7) is 12.7. The standard InChI is InChI=1S/C25H31Br2N2/c1-5-28(6-2)24(20-12-16-22(26)17-13-20)10-9-11-25(29(7-3)8-4)21-14-18-23(27)19-15-21/h9-19H,5-8H2,1-4H3/q+1. The zero-order valence-corrected chi connectivity index (χ0v) is 21.0. The van der Waals surface area contributed by atoms with Crippen LogP contribution in [0.3, 0.4) is 0 Å². The minimum absolute atomic E-state index is 0.978. The summed E-state index contributed by atoms with van der Waals surface area (Å²) in [5.74, 6) is 0. The Balaban J connectivity index is 2.47. The van der Waals surface area contributed by atoms with Crippen LogP contribution in [0.25, 0.3) is 5.70 Å². The van der Waals surface area contributed by atoms with Gasteiger partial charge in [0.05, 0.1) is 0 Å². The summed E-state index contributed by atoms with van der Waals surface area (Å²) in [7, 11) is 0. The Morgan fingerprint density at radius 3 is 1.72 bits per heavy atom. The molecular weight excluding hydrogens is 488 g/mol. The molecule has 2 rings (SSSR count). The molecule has 0 spiro atoms. The molecule has 0 atom stereocenters. The summed E-state index contributed by atoms with van der Waals surface area (Å²) in [5.41, 5.74) is 4.95. The van der Waals surface area contributed by atoms with Crippen molar-refractivity contribution in [2.45, 2.75) is 27.7 Å². The molecule has 0 radical (unpaired) electrons. The molecule has 0 bridgehead atoms. The van der Waals surface area contributed by atoms with E-state index in [-0.39, 0.29) is 0 Å². The first kappa shape index (κ1) is 23.6. The number of nitrogens with zero attached hydrogens (tertiary/aromatic N) is 2. The second-order valence-electron chi connectivity index (χ2n) is 6.65. The fraction of sp³-hybridized carbons (Fsp3) is 0.320. The summed E-state index contributed by atoms with van der Waals surface area (Å²) in [6, 6.07) is 17.1. The monoisotopic (exact) mass is 517 g/mol. The van der Waals surface area contributed by atoms with Gasteiger partial charge in [0.15, 0.2) is 0 Å². The molecule has 0 saturated carbocycles. The van der Waals surface area contributed by atoms with Gasteiger partial charge in [0.1, 0.15) is 13.1 Å². The summed E-state index contributed by atoms with van der Waals surface area (Å²) in [4.78, 5) is 2.39. The molecule has 0 unspecified atom stereocenters. The van der Waals surface area contributed by atoms with E-state index in [0.29, 0.717) is 0 Å². The zero-order valence-electron chi connectivity index (χ0n) is 17.8. The van der Waals surface area contributed by atoms with Gasteiger partial charge < -0.3 is 4.90 Å². The lowest BCUT2D eigenvalue weighted by atomic mass is 10.1. The predicted octanol–water partition coefficient (Wildman–Crippen LogP) is 6.99. The Kier molecular flexibility index (Phi) is 9.89. The van der Waals surface area contributed by atoms with Crippen LogP contribution in [0.5, 0.6) is 0 Å². The van der Waals surface area contributed by atoms with E-state index >= 15 is 0 Å². The lowest BCUT2D eigenvalue weighted by Crippen LogP contribution is -2.21. The third kappa shape index (κ3) is 6.68. The van der Waals surface area contributed by atoms with Crippen molar-refractivity contribution in [3.05, 3.63) is 86.8 Å². The first-order chi connectivity index (χ1) is 14.0. The third-order valence-corrected chi connectivity index (χ3v) is 6.05. The maximum atomic E-state index is 3.54. The zero-order chi connectivity index (χ0) is 21.2. The molecule has 2 aromatic rings. The first-order valence-electron chi connectivity index (χ1n) is 10.3. The van der Waals surface area contributed by atoms with E-state index in [1.165, 1.54) is 22.5 Å². The molecule has 0 fully saturated rings. The molecule has 0 saturated heterocycles. The van der Waals surface area contributed by atoms with Crippen molar-refractivity contribution in [1.29, 1.82) is 0 Å². The maximum absolute atomic E-state index is 3.54. The molecular formula is C25H31Br2N2+. The molecule has 2 nitrogen and oxygen atoms in total. The highest BCUT2D eigenvalue weighted by molar-refractivity contribution is 9.10. The highest BCUT2D eigenvalue weighted by Crippen LogP contribution is 2.22. The van der Waals surface area contributed by atoms with Crippen LogP contribution in [0.2, 0.25) is 0 Å². The van der Waals surface area contributed by atoms with Gasteiger partial charge in [-0.3, -0.25) is 0 Å². The number of benzene rings is 2. The fourth-order valence-electron chi connectivity index (χ4n) is 3.37. The number of hydrogen-bond acceptors (Lipinski definition) is 1. The Morgan fingerprint density at radius 2 is 1.28 bits per heavy atom. The largest absolute Gasteiger partial charge is 0.372 e. The van der Waals surface area contributed by atoms with Gasteiger partial charge in [0.25, 0.3) is 0 Å². The summed E-state index contributed by atoms with van der Waals surface area (Å²) >= 11 is 7.08. The molecule has 0 aliphatic carbocycles. The van der Waals surface area contributed by atoms with Crippen molar-refractivity contribution < 1.29 is 4.58 Å². The normalized spacial score (nSPS) is 11.7. The molecule has 4 heteroatoms.